The van der Waals surface area contributed by atoms with Crippen LogP contribution in [0.2, 0.25) is 0 Å². The van der Waals surface area contributed by atoms with Crippen molar-refractivity contribution in [2.75, 3.05) is 6.54 Å². The number of rotatable bonds is 5. The van der Waals surface area contributed by atoms with Gasteiger partial charge >= 0.3 is 0 Å². The molecule has 1 fully saturated rings. The molecule has 0 unspecified atom stereocenters. The molecular weight excluding hydrogens is 282 g/mol. The largest absolute Gasteiger partial charge is 0.347 e. The minimum Gasteiger partial charge on any atom is -0.347 e. The minimum atomic E-state index is 0.142. The number of imidazole rings is 1. The molecule has 0 radical (unpaired) electrons. The number of hydrogen-bond donors (Lipinski definition) is 1. The first-order valence-electron chi connectivity index (χ1n) is 7.66. The fraction of sp³-hybridized carbons (Fsp3) is 0.500. The average molecular weight is 303 g/mol. The molecule has 1 N–H and O–H groups in total. The first-order valence-corrected chi connectivity index (χ1v) is 8.53. The van der Waals surface area contributed by atoms with Gasteiger partial charge in [0.1, 0.15) is 5.82 Å². The van der Waals surface area contributed by atoms with Crippen molar-refractivity contribution in [1.82, 2.24) is 14.9 Å². The van der Waals surface area contributed by atoms with Crippen molar-refractivity contribution in [1.29, 1.82) is 0 Å². The van der Waals surface area contributed by atoms with Crippen molar-refractivity contribution in [2.24, 2.45) is 0 Å². The van der Waals surface area contributed by atoms with Gasteiger partial charge in [-0.05, 0) is 43.6 Å². The number of aryl methyl sites for hydroxylation is 1. The molecule has 3 heterocycles. The summed E-state index contributed by atoms with van der Waals surface area (Å²) >= 11 is 1.77. The predicted octanol–water partition coefficient (Wildman–Crippen LogP) is 3.55. The summed E-state index contributed by atoms with van der Waals surface area (Å²) in [6.45, 7) is 0.864. The number of carbonyl (C=O) groups excluding carboxylic acids is 1. The molecular formula is C16H21N3OS. The van der Waals surface area contributed by atoms with Gasteiger partial charge in [-0.2, -0.15) is 0 Å². The maximum Gasteiger partial charge on any atom is 0.223 e. The zero-order valence-electron chi connectivity index (χ0n) is 12.1. The Balaban J connectivity index is 1.56. The monoisotopic (exact) mass is 303 g/mol. The Morgan fingerprint density at radius 3 is 3.19 bits per heavy atom. The average Bonchev–Trinajstić information content (AvgIpc) is 3.20. The molecule has 2 aromatic rings. The van der Waals surface area contributed by atoms with Crippen molar-refractivity contribution in [3.05, 3.63) is 40.6 Å². The van der Waals surface area contributed by atoms with Gasteiger partial charge in [0.2, 0.25) is 5.91 Å². The van der Waals surface area contributed by atoms with Gasteiger partial charge in [0.15, 0.2) is 0 Å². The number of hydrogen-bond acceptors (Lipinski definition) is 3. The second-order valence-corrected chi connectivity index (χ2v) is 6.54. The number of piperidine rings is 1. The van der Waals surface area contributed by atoms with Crippen LogP contribution in [0.15, 0.2) is 29.9 Å². The van der Waals surface area contributed by atoms with Crippen LogP contribution in [0.3, 0.4) is 0 Å². The molecule has 1 amide bonds. The Labute approximate surface area is 129 Å². The first-order chi connectivity index (χ1) is 10.3. The standard InChI is InChI=1S/C16H21N3OS/c20-15(8-3-5-13-6-4-12-21-13)19-11-2-1-7-14(19)16-17-9-10-18-16/h4,6,9-10,12,14H,1-3,5,7-8,11H2,(H,17,18)/t14-/m0/s1. The van der Waals surface area contributed by atoms with Gasteiger partial charge in [-0.15, -0.1) is 11.3 Å². The Morgan fingerprint density at radius 1 is 1.48 bits per heavy atom. The van der Waals surface area contributed by atoms with E-state index in [1.807, 2.05) is 11.1 Å². The summed E-state index contributed by atoms with van der Waals surface area (Å²) in [4.78, 5) is 23.4. The summed E-state index contributed by atoms with van der Waals surface area (Å²) in [5.74, 6) is 1.20. The summed E-state index contributed by atoms with van der Waals surface area (Å²) < 4.78 is 0. The maximum atomic E-state index is 12.5. The number of carbonyl (C=O) groups is 1. The van der Waals surface area contributed by atoms with Crippen LogP contribution in [0.1, 0.15) is 48.8 Å². The molecule has 0 aromatic carbocycles. The second kappa shape index (κ2) is 6.89. The lowest BCUT2D eigenvalue weighted by Crippen LogP contribution is -2.38. The number of thiophene rings is 1. The quantitative estimate of drug-likeness (QED) is 0.918. The molecule has 2 aromatic heterocycles. The van der Waals surface area contributed by atoms with Gasteiger partial charge in [0, 0.05) is 30.2 Å². The minimum absolute atomic E-state index is 0.142. The van der Waals surface area contributed by atoms with E-state index in [0.29, 0.717) is 6.42 Å². The number of amides is 1. The highest BCUT2D eigenvalue weighted by Crippen LogP contribution is 2.29. The lowest BCUT2D eigenvalue weighted by Gasteiger charge is -2.34. The number of aromatic nitrogens is 2. The molecule has 1 saturated heterocycles. The predicted molar refractivity (Wildman–Crippen MR) is 84.1 cm³/mol. The highest BCUT2D eigenvalue weighted by atomic mass is 32.1. The molecule has 4 nitrogen and oxygen atoms in total. The number of aromatic amines is 1. The number of likely N-dealkylation sites (tertiary alicyclic amines) is 1. The summed E-state index contributed by atoms with van der Waals surface area (Å²) in [7, 11) is 0. The summed E-state index contributed by atoms with van der Waals surface area (Å²) in [6, 6.07) is 4.35. The molecule has 0 spiro atoms. The lowest BCUT2D eigenvalue weighted by molar-refractivity contribution is -0.135. The highest BCUT2D eigenvalue weighted by Gasteiger charge is 2.28. The molecule has 21 heavy (non-hydrogen) atoms. The molecule has 3 rings (SSSR count). The van der Waals surface area contributed by atoms with Crippen molar-refractivity contribution in [2.45, 2.75) is 44.6 Å². The van der Waals surface area contributed by atoms with E-state index in [0.717, 1.165) is 38.1 Å². The number of nitrogens with zero attached hydrogens (tertiary/aromatic N) is 2. The van der Waals surface area contributed by atoms with Crippen molar-refractivity contribution in [3.8, 4) is 0 Å². The number of H-pyrrole nitrogens is 1. The van der Waals surface area contributed by atoms with Crippen LogP contribution in [0.25, 0.3) is 0 Å². The lowest BCUT2D eigenvalue weighted by atomic mass is 10.0. The third-order valence-corrected chi connectivity index (χ3v) is 4.99. The first kappa shape index (κ1) is 14.3. The zero-order valence-corrected chi connectivity index (χ0v) is 12.9. The zero-order chi connectivity index (χ0) is 14.5. The van der Waals surface area contributed by atoms with E-state index in [-0.39, 0.29) is 11.9 Å². The molecule has 1 aliphatic rings. The van der Waals surface area contributed by atoms with Crippen LogP contribution in [0.4, 0.5) is 0 Å². The smallest absolute Gasteiger partial charge is 0.223 e. The fourth-order valence-electron chi connectivity index (χ4n) is 2.99. The Bertz CT molecular complexity index is 550. The van der Waals surface area contributed by atoms with Gasteiger partial charge < -0.3 is 9.88 Å². The van der Waals surface area contributed by atoms with E-state index in [2.05, 4.69) is 27.5 Å². The molecule has 1 aliphatic heterocycles. The van der Waals surface area contributed by atoms with Crippen LogP contribution in [0, 0.1) is 0 Å². The van der Waals surface area contributed by atoms with Gasteiger partial charge in [-0.25, -0.2) is 4.98 Å². The van der Waals surface area contributed by atoms with Gasteiger partial charge in [-0.3, -0.25) is 4.79 Å². The molecule has 1 atom stereocenters. The summed E-state index contributed by atoms with van der Waals surface area (Å²) in [5, 5.41) is 2.09. The Morgan fingerprint density at radius 2 is 2.43 bits per heavy atom. The Kier molecular flexibility index (Phi) is 4.70. The third-order valence-electron chi connectivity index (χ3n) is 4.05. The molecule has 0 bridgehead atoms. The summed E-state index contributed by atoms with van der Waals surface area (Å²) in [6.07, 6.45) is 9.47. The van der Waals surface area contributed by atoms with E-state index in [9.17, 15) is 4.79 Å². The van der Waals surface area contributed by atoms with Gasteiger partial charge in [0.05, 0.1) is 6.04 Å². The molecule has 0 saturated carbocycles. The van der Waals surface area contributed by atoms with Crippen molar-refractivity contribution >= 4 is 17.2 Å². The normalized spacial score (nSPS) is 18.9. The fourth-order valence-corrected chi connectivity index (χ4v) is 3.74. The topological polar surface area (TPSA) is 49.0 Å². The van der Waals surface area contributed by atoms with Gasteiger partial charge in [-0.1, -0.05) is 6.07 Å². The number of nitrogens with one attached hydrogen (secondary N) is 1. The summed E-state index contributed by atoms with van der Waals surface area (Å²) in [5.41, 5.74) is 0. The van der Waals surface area contributed by atoms with Crippen LogP contribution < -0.4 is 0 Å². The van der Waals surface area contributed by atoms with E-state index >= 15 is 0 Å². The van der Waals surface area contributed by atoms with Crippen LogP contribution >= 0.6 is 11.3 Å². The van der Waals surface area contributed by atoms with Gasteiger partial charge in [0.25, 0.3) is 0 Å². The molecule has 5 heteroatoms. The SMILES string of the molecule is O=C(CCCc1cccs1)N1CCCC[C@H]1c1ncc[nH]1. The van der Waals surface area contributed by atoms with E-state index in [1.165, 1.54) is 11.3 Å². The van der Waals surface area contributed by atoms with E-state index in [4.69, 9.17) is 0 Å². The second-order valence-electron chi connectivity index (χ2n) is 5.51. The Hall–Kier alpha value is -1.62. The highest BCUT2D eigenvalue weighted by molar-refractivity contribution is 7.09. The van der Waals surface area contributed by atoms with Crippen LogP contribution in [-0.4, -0.2) is 27.3 Å². The molecule has 112 valence electrons. The van der Waals surface area contributed by atoms with Crippen LogP contribution in [0.5, 0.6) is 0 Å². The molecule has 0 aliphatic carbocycles. The van der Waals surface area contributed by atoms with E-state index in [1.54, 1.807) is 17.5 Å². The maximum absolute atomic E-state index is 12.5. The van der Waals surface area contributed by atoms with E-state index < -0.39 is 0 Å². The van der Waals surface area contributed by atoms with Crippen molar-refractivity contribution in [3.63, 3.8) is 0 Å². The van der Waals surface area contributed by atoms with Crippen molar-refractivity contribution < 1.29 is 4.79 Å². The van der Waals surface area contributed by atoms with Crippen LogP contribution in [-0.2, 0) is 11.2 Å². The third kappa shape index (κ3) is 3.53.